The molecule has 0 radical (unpaired) electrons. The summed E-state index contributed by atoms with van der Waals surface area (Å²) in [6, 6.07) is 14.6. The van der Waals surface area contributed by atoms with Crippen molar-refractivity contribution in [2.45, 2.75) is 44.6 Å². The number of sulfonamides is 1. The third kappa shape index (κ3) is 3.84. The summed E-state index contributed by atoms with van der Waals surface area (Å²) in [5, 5.41) is 0. The number of rotatable bonds is 6. The van der Waals surface area contributed by atoms with E-state index >= 15 is 0 Å². The van der Waals surface area contributed by atoms with Gasteiger partial charge >= 0.3 is 0 Å². The highest BCUT2D eigenvalue weighted by Crippen LogP contribution is 2.35. The summed E-state index contributed by atoms with van der Waals surface area (Å²) in [4.78, 5) is 15.3. The molecular formula is C22H28N2O3S. The van der Waals surface area contributed by atoms with E-state index in [0.29, 0.717) is 25.2 Å². The molecule has 150 valence electrons. The summed E-state index contributed by atoms with van der Waals surface area (Å²) in [7, 11) is -3.59. The SMILES string of the molecule is CCN(CC)S(=O)(=O)c1cccc(C(=O)N2CCCC2c2ccccc2C)c1. The van der Waals surface area contributed by atoms with Gasteiger partial charge in [-0.2, -0.15) is 4.31 Å². The fourth-order valence-corrected chi connectivity index (χ4v) is 5.47. The molecule has 1 heterocycles. The fraction of sp³-hybridized carbons (Fsp3) is 0.409. The maximum absolute atomic E-state index is 13.2. The van der Waals surface area contributed by atoms with Gasteiger partial charge in [0.05, 0.1) is 10.9 Å². The first-order chi connectivity index (χ1) is 13.4. The Bertz CT molecular complexity index is 952. The summed E-state index contributed by atoms with van der Waals surface area (Å²) >= 11 is 0. The Balaban J connectivity index is 1.92. The molecule has 0 N–H and O–H groups in total. The Labute approximate surface area is 168 Å². The van der Waals surface area contributed by atoms with Gasteiger partial charge in [-0.1, -0.05) is 44.2 Å². The van der Waals surface area contributed by atoms with Crippen molar-refractivity contribution in [3.63, 3.8) is 0 Å². The molecule has 1 aliphatic heterocycles. The number of hydrogen-bond acceptors (Lipinski definition) is 3. The summed E-state index contributed by atoms with van der Waals surface area (Å²) < 4.78 is 27.0. The van der Waals surface area contributed by atoms with Crippen molar-refractivity contribution in [3.8, 4) is 0 Å². The van der Waals surface area contributed by atoms with Crippen molar-refractivity contribution in [1.29, 1.82) is 0 Å². The molecule has 5 nitrogen and oxygen atoms in total. The van der Waals surface area contributed by atoms with Crippen LogP contribution in [0.5, 0.6) is 0 Å². The second-order valence-corrected chi connectivity index (χ2v) is 9.07. The predicted octanol–water partition coefficient (Wildman–Crippen LogP) is 4.00. The Morgan fingerprint density at radius 3 is 2.50 bits per heavy atom. The molecule has 0 spiro atoms. The maximum atomic E-state index is 13.2. The van der Waals surface area contributed by atoms with Crippen LogP contribution < -0.4 is 0 Å². The molecule has 0 aromatic heterocycles. The number of amides is 1. The van der Waals surface area contributed by atoms with Crippen LogP contribution in [0.3, 0.4) is 0 Å². The van der Waals surface area contributed by atoms with Gasteiger partial charge in [-0.05, 0) is 49.1 Å². The van der Waals surface area contributed by atoms with E-state index in [1.165, 1.54) is 21.5 Å². The number of carbonyl (C=O) groups excluding carboxylic acids is 1. The van der Waals surface area contributed by atoms with Crippen LogP contribution in [0.25, 0.3) is 0 Å². The molecule has 2 aromatic rings. The third-order valence-corrected chi connectivity index (χ3v) is 7.53. The molecule has 0 saturated carbocycles. The van der Waals surface area contributed by atoms with E-state index < -0.39 is 10.0 Å². The van der Waals surface area contributed by atoms with E-state index in [1.54, 1.807) is 18.2 Å². The van der Waals surface area contributed by atoms with Gasteiger partial charge < -0.3 is 4.90 Å². The molecule has 0 aliphatic carbocycles. The first-order valence-electron chi connectivity index (χ1n) is 9.86. The lowest BCUT2D eigenvalue weighted by molar-refractivity contribution is 0.0735. The molecule has 2 aromatic carbocycles. The average molecular weight is 401 g/mol. The van der Waals surface area contributed by atoms with Crippen LogP contribution in [0.1, 0.15) is 54.2 Å². The van der Waals surface area contributed by atoms with Crippen LogP contribution in [-0.2, 0) is 10.0 Å². The molecule has 1 aliphatic rings. The molecule has 1 fully saturated rings. The highest BCUT2D eigenvalue weighted by molar-refractivity contribution is 7.89. The van der Waals surface area contributed by atoms with E-state index in [0.717, 1.165) is 12.8 Å². The number of hydrogen-bond donors (Lipinski definition) is 0. The number of nitrogens with zero attached hydrogens (tertiary/aromatic N) is 2. The first kappa shape index (κ1) is 20.6. The van der Waals surface area contributed by atoms with Crippen LogP contribution >= 0.6 is 0 Å². The number of carbonyl (C=O) groups is 1. The van der Waals surface area contributed by atoms with Crippen molar-refractivity contribution in [1.82, 2.24) is 9.21 Å². The van der Waals surface area contributed by atoms with E-state index in [1.807, 2.05) is 30.9 Å². The van der Waals surface area contributed by atoms with Crippen molar-refractivity contribution in [2.24, 2.45) is 0 Å². The number of aryl methyl sites for hydroxylation is 1. The van der Waals surface area contributed by atoms with Gasteiger partial charge in [-0.25, -0.2) is 8.42 Å². The van der Waals surface area contributed by atoms with Crippen LogP contribution in [0.4, 0.5) is 0 Å². The van der Waals surface area contributed by atoms with Crippen LogP contribution in [0, 0.1) is 6.92 Å². The third-order valence-electron chi connectivity index (χ3n) is 5.49. The van der Waals surface area contributed by atoms with Gasteiger partial charge in [0.25, 0.3) is 5.91 Å². The highest BCUT2D eigenvalue weighted by Gasteiger charge is 2.32. The Morgan fingerprint density at radius 1 is 1.11 bits per heavy atom. The largest absolute Gasteiger partial charge is 0.332 e. The molecule has 3 rings (SSSR count). The van der Waals surface area contributed by atoms with E-state index in [9.17, 15) is 13.2 Å². The summed E-state index contributed by atoms with van der Waals surface area (Å²) in [6.07, 6.45) is 1.87. The van der Waals surface area contributed by atoms with Crippen molar-refractivity contribution >= 4 is 15.9 Å². The Morgan fingerprint density at radius 2 is 1.82 bits per heavy atom. The Hall–Kier alpha value is -2.18. The maximum Gasteiger partial charge on any atom is 0.254 e. The standard InChI is InChI=1S/C22H28N2O3S/c1-4-23(5-2)28(26,27)19-12-8-11-18(16-19)22(25)24-15-9-14-21(24)20-13-7-6-10-17(20)3/h6-8,10-13,16,21H,4-5,9,14-15H2,1-3H3. The van der Waals surface area contributed by atoms with Crippen molar-refractivity contribution in [2.75, 3.05) is 19.6 Å². The average Bonchev–Trinajstić information content (AvgIpc) is 3.18. The lowest BCUT2D eigenvalue weighted by atomic mass is 9.99. The first-order valence-corrected chi connectivity index (χ1v) is 11.3. The zero-order valence-electron chi connectivity index (χ0n) is 16.8. The van der Waals surface area contributed by atoms with Crippen molar-refractivity contribution in [3.05, 3.63) is 65.2 Å². The molecule has 0 bridgehead atoms. The zero-order valence-corrected chi connectivity index (χ0v) is 17.6. The van der Waals surface area contributed by atoms with Crippen LogP contribution in [-0.4, -0.2) is 43.2 Å². The molecular weight excluding hydrogens is 372 g/mol. The second-order valence-electron chi connectivity index (χ2n) is 7.13. The molecule has 6 heteroatoms. The van der Waals surface area contributed by atoms with Gasteiger partial charge in [0.1, 0.15) is 0 Å². The number of likely N-dealkylation sites (tertiary alicyclic amines) is 1. The molecule has 1 atom stereocenters. The van der Waals surface area contributed by atoms with Gasteiger partial charge in [0, 0.05) is 25.2 Å². The van der Waals surface area contributed by atoms with Gasteiger partial charge in [0.2, 0.25) is 10.0 Å². The molecule has 1 saturated heterocycles. The van der Waals surface area contributed by atoms with E-state index in [4.69, 9.17) is 0 Å². The van der Waals surface area contributed by atoms with Gasteiger partial charge in [-0.15, -0.1) is 0 Å². The Kier molecular flexibility index (Phi) is 6.20. The molecule has 1 unspecified atom stereocenters. The lowest BCUT2D eigenvalue weighted by Crippen LogP contribution is -2.32. The number of benzene rings is 2. The minimum Gasteiger partial charge on any atom is -0.332 e. The second kappa shape index (κ2) is 8.45. The monoisotopic (exact) mass is 400 g/mol. The van der Waals surface area contributed by atoms with Crippen molar-refractivity contribution < 1.29 is 13.2 Å². The van der Waals surface area contributed by atoms with Gasteiger partial charge in [-0.3, -0.25) is 4.79 Å². The minimum atomic E-state index is -3.59. The summed E-state index contributed by atoms with van der Waals surface area (Å²) in [6.45, 7) is 7.18. The van der Waals surface area contributed by atoms with Gasteiger partial charge in [0.15, 0.2) is 0 Å². The lowest BCUT2D eigenvalue weighted by Gasteiger charge is -2.27. The molecule has 1 amide bonds. The summed E-state index contributed by atoms with van der Waals surface area (Å²) in [5.41, 5.74) is 2.76. The smallest absolute Gasteiger partial charge is 0.254 e. The van der Waals surface area contributed by atoms with E-state index in [-0.39, 0.29) is 16.8 Å². The van der Waals surface area contributed by atoms with Crippen LogP contribution in [0.15, 0.2) is 53.4 Å². The highest BCUT2D eigenvalue weighted by atomic mass is 32.2. The predicted molar refractivity (Wildman–Crippen MR) is 111 cm³/mol. The summed E-state index contributed by atoms with van der Waals surface area (Å²) in [5.74, 6) is -0.109. The normalized spacial score (nSPS) is 17.3. The van der Waals surface area contributed by atoms with E-state index in [2.05, 4.69) is 19.1 Å². The fourth-order valence-electron chi connectivity index (χ4n) is 3.96. The topological polar surface area (TPSA) is 57.7 Å². The minimum absolute atomic E-state index is 0.0387. The molecule has 28 heavy (non-hydrogen) atoms. The van der Waals surface area contributed by atoms with Crippen LogP contribution in [0.2, 0.25) is 0 Å². The zero-order chi connectivity index (χ0) is 20.3. The quantitative estimate of drug-likeness (QED) is 0.736.